The molecule has 1 heterocycles. The van der Waals surface area contributed by atoms with Crippen molar-refractivity contribution in [3.8, 4) is 5.75 Å². The van der Waals surface area contributed by atoms with E-state index in [0.29, 0.717) is 19.8 Å². The molecule has 1 aliphatic heterocycles. The first-order valence-corrected chi connectivity index (χ1v) is 7.55. The van der Waals surface area contributed by atoms with E-state index in [-0.39, 0.29) is 30.5 Å². The van der Waals surface area contributed by atoms with E-state index in [1.807, 2.05) is 38.1 Å². The topological polar surface area (TPSA) is 59.6 Å². The minimum atomic E-state index is -0.263. The average molecular weight is 329 g/mol. The molecule has 1 aliphatic rings. The molecule has 22 heavy (non-hydrogen) atoms. The van der Waals surface area contributed by atoms with E-state index >= 15 is 0 Å². The van der Waals surface area contributed by atoms with Crippen molar-refractivity contribution in [2.24, 2.45) is 0 Å². The number of carbonyl (C=O) groups excluding carboxylic acids is 1. The molecule has 0 aliphatic carbocycles. The van der Waals surface area contributed by atoms with Crippen molar-refractivity contribution in [3.63, 3.8) is 0 Å². The SMILES string of the molecule is CCOc1ccccc1CCNC(=O)[C@H]1NCCO[C@@H]1C.Cl. The molecule has 1 saturated heterocycles. The quantitative estimate of drug-likeness (QED) is 0.831. The van der Waals surface area contributed by atoms with Gasteiger partial charge >= 0.3 is 0 Å². The Morgan fingerprint density at radius 3 is 2.95 bits per heavy atom. The third-order valence-electron chi connectivity index (χ3n) is 3.56. The number of carbonyl (C=O) groups is 1. The lowest BCUT2D eigenvalue weighted by Gasteiger charge is -2.29. The summed E-state index contributed by atoms with van der Waals surface area (Å²) in [7, 11) is 0. The van der Waals surface area contributed by atoms with Crippen LogP contribution in [0.2, 0.25) is 0 Å². The van der Waals surface area contributed by atoms with E-state index in [2.05, 4.69) is 10.6 Å². The molecule has 0 unspecified atom stereocenters. The maximum atomic E-state index is 12.1. The van der Waals surface area contributed by atoms with Gasteiger partial charge in [0.15, 0.2) is 0 Å². The molecule has 1 aromatic rings. The third kappa shape index (κ3) is 5.16. The minimum Gasteiger partial charge on any atom is -0.494 e. The Kier molecular flexibility index (Phi) is 8.24. The zero-order valence-corrected chi connectivity index (χ0v) is 13.9. The fourth-order valence-electron chi connectivity index (χ4n) is 2.46. The number of nitrogens with one attached hydrogen (secondary N) is 2. The smallest absolute Gasteiger partial charge is 0.239 e. The van der Waals surface area contributed by atoms with Crippen LogP contribution in [0.25, 0.3) is 0 Å². The second kappa shape index (κ2) is 9.66. The van der Waals surface area contributed by atoms with Gasteiger partial charge in [-0.2, -0.15) is 0 Å². The van der Waals surface area contributed by atoms with Crippen molar-refractivity contribution in [2.45, 2.75) is 32.4 Å². The van der Waals surface area contributed by atoms with Crippen LogP contribution in [0.3, 0.4) is 0 Å². The largest absolute Gasteiger partial charge is 0.494 e. The fourth-order valence-corrected chi connectivity index (χ4v) is 2.46. The number of amides is 1. The second-order valence-corrected chi connectivity index (χ2v) is 5.09. The average Bonchev–Trinajstić information content (AvgIpc) is 2.49. The molecule has 2 rings (SSSR count). The number of hydrogen-bond donors (Lipinski definition) is 2. The first-order valence-electron chi connectivity index (χ1n) is 7.55. The fraction of sp³-hybridized carbons (Fsp3) is 0.562. The Bertz CT molecular complexity index is 470. The van der Waals surface area contributed by atoms with Crippen LogP contribution in [0.1, 0.15) is 19.4 Å². The molecular weight excluding hydrogens is 304 g/mol. The maximum absolute atomic E-state index is 12.1. The molecule has 1 fully saturated rings. The number of rotatable bonds is 6. The first-order chi connectivity index (χ1) is 10.2. The highest BCUT2D eigenvalue weighted by Crippen LogP contribution is 2.18. The van der Waals surface area contributed by atoms with E-state index in [4.69, 9.17) is 9.47 Å². The lowest BCUT2D eigenvalue weighted by atomic mass is 10.1. The summed E-state index contributed by atoms with van der Waals surface area (Å²) < 4.78 is 11.1. The van der Waals surface area contributed by atoms with Gasteiger partial charge in [-0.3, -0.25) is 4.79 Å². The summed E-state index contributed by atoms with van der Waals surface area (Å²) in [5, 5.41) is 6.15. The first kappa shape index (κ1) is 18.7. The summed E-state index contributed by atoms with van der Waals surface area (Å²) in [5.41, 5.74) is 1.11. The molecule has 6 heteroatoms. The Morgan fingerprint density at radius 1 is 1.45 bits per heavy atom. The van der Waals surface area contributed by atoms with Crippen LogP contribution in [-0.2, 0) is 16.0 Å². The van der Waals surface area contributed by atoms with Gasteiger partial charge in [-0.1, -0.05) is 18.2 Å². The van der Waals surface area contributed by atoms with Crippen molar-refractivity contribution in [1.29, 1.82) is 0 Å². The van der Waals surface area contributed by atoms with Crippen LogP contribution in [-0.4, -0.2) is 44.4 Å². The van der Waals surface area contributed by atoms with Gasteiger partial charge in [0, 0.05) is 13.1 Å². The Morgan fingerprint density at radius 2 is 2.23 bits per heavy atom. The molecule has 0 spiro atoms. The molecule has 2 N–H and O–H groups in total. The minimum absolute atomic E-state index is 0. The maximum Gasteiger partial charge on any atom is 0.239 e. The van der Waals surface area contributed by atoms with Crippen LogP contribution in [0.15, 0.2) is 24.3 Å². The van der Waals surface area contributed by atoms with Gasteiger partial charge in [0.05, 0.1) is 19.3 Å². The molecule has 1 aromatic carbocycles. The third-order valence-corrected chi connectivity index (χ3v) is 3.56. The highest BCUT2D eigenvalue weighted by molar-refractivity contribution is 5.85. The van der Waals surface area contributed by atoms with Crippen LogP contribution in [0.4, 0.5) is 0 Å². The van der Waals surface area contributed by atoms with Gasteiger partial charge in [-0.05, 0) is 31.9 Å². The zero-order chi connectivity index (χ0) is 15.1. The summed E-state index contributed by atoms with van der Waals surface area (Å²) in [6.45, 7) is 6.50. The number of hydrogen-bond acceptors (Lipinski definition) is 4. The molecule has 0 radical (unpaired) electrons. The predicted molar refractivity (Wildman–Crippen MR) is 88.8 cm³/mol. The van der Waals surface area contributed by atoms with Crippen molar-refractivity contribution >= 4 is 18.3 Å². The highest BCUT2D eigenvalue weighted by Gasteiger charge is 2.27. The molecule has 0 saturated carbocycles. The Hall–Kier alpha value is -1.30. The lowest BCUT2D eigenvalue weighted by Crippen LogP contribution is -2.55. The van der Waals surface area contributed by atoms with Crippen molar-refractivity contribution in [1.82, 2.24) is 10.6 Å². The van der Waals surface area contributed by atoms with Crippen molar-refractivity contribution in [3.05, 3.63) is 29.8 Å². The Balaban J connectivity index is 0.00000242. The van der Waals surface area contributed by atoms with E-state index in [1.165, 1.54) is 0 Å². The van der Waals surface area contributed by atoms with Gasteiger partial charge < -0.3 is 20.1 Å². The molecule has 0 aromatic heterocycles. The summed E-state index contributed by atoms with van der Waals surface area (Å²) in [5.74, 6) is 0.887. The van der Waals surface area contributed by atoms with Crippen LogP contribution < -0.4 is 15.4 Å². The van der Waals surface area contributed by atoms with Crippen LogP contribution in [0, 0.1) is 0 Å². The van der Waals surface area contributed by atoms with Crippen LogP contribution >= 0.6 is 12.4 Å². The summed E-state index contributed by atoms with van der Waals surface area (Å²) >= 11 is 0. The lowest BCUT2D eigenvalue weighted by molar-refractivity contribution is -0.128. The monoisotopic (exact) mass is 328 g/mol. The molecule has 0 bridgehead atoms. The number of halogens is 1. The standard InChI is InChI=1S/C16H24N2O3.ClH/c1-3-20-14-7-5-4-6-13(14)8-9-18-16(19)15-12(2)21-11-10-17-15;/h4-7,12,15,17H,3,8-11H2,1-2H3,(H,18,19);1H/t12-,15+;/m1./s1. The predicted octanol–water partition coefficient (Wildman–Crippen LogP) is 1.54. The molecule has 2 atom stereocenters. The number of benzene rings is 1. The van der Waals surface area contributed by atoms with E-state index < -0.39 is 0 Å². The van der Waals surface area contributed by atoms with Gasteiger partial charge in [-0.15, -0.1) is 12.4 Å². The summed E-state index contributed by atoms with van der Waals surface area (Å²) in [6, 6.07) is 7.66. The van der Waals surface area contributed by atoms with Gasteiger partial charge in [0.2, 0.25) is 5.91 Å². The van der Waals surface area contributed by atoms with Crippen molar-refractivity contribution < 1.29 is 14.3 Å². The summed E-state index contributed by atoms with van der Waals surface area (Å²) in [4.78, 5) is 12.1. The van der Waals surface area contributed by atoms with Crippen molar-refractivity contribution in [2.75, 3.05) is 26.3 Å². The number of para-hydroxylation sites is 1. The second-order valence-electron chi connectivity index (χ2n) is 5.09. The van der Waals surface area contributed by atoms with E-state index in [1.54, 1.807) is 0 Å². The molecular formula is C16H25ClN2O3. The zero-order valence-electron chi connectivity index (χ0n) is 13.1. The molecule has 1 amide bonds. The molecule has 124 valence electrons. The van der Waals surface area contributed by atoms with Gasteiger partial charge in [-0.25, -0.2) is 0 Å². The number of ether oxygens (including phenoxy) is 2. The highest BCUT2D eigenvalue weighted by atomic mass is 35.5. The summed E-state index contributed by atoms with van der Waals surface area (Å²) in [6.07, 6.45) is 0.665. The van der Waals surface area contributed by atoms with Gasteiger partial charge in [0.25, 0.3) is 0 Å². The normalized spacial score (nSPS) is 20.8. The van der Waals surface area contributed by atoms with Crippen LogP contribution in [0.5, 0.6) is 5.75 Å². The number of morpholine rings is 1. The van der Waals surface area contributed by atoms with E-state index in [0.717, 1.165) is 24.3 Å². The van der Waals surface area contributed by atoms with E-state index in [9.17, 15) is 4.79 Å². The van der Waals surface area contributed by atoms with Gasteiger partial charge in [0.1, 0.15) is 11.8 Å². The molecule has 5 nitrogen and oxygen atoms in total. The Labute approximate surface area is 138 Å².